The van der Waals surface area contributed by atoms with E-state index in [0.717, 1.165) is 17.4 Å². The number of thiophene rings is 1. The zero-order valence-electron chi connectivity index (χ0n) is 10.4. The molecule has 19 heavy (non-hydrogen) atoms. The first kappa shape index (κ1) is 15.2. The molecule has 1 aromatic heterocycles. The summed E-state index contributed by atoms with van der Waals surface area (Å²) in [6, 6.07) is 7.45. The van der Waals surface area contributed by atoms with Crippen LogP contribution in [0, 0.1) is 5.82 Å². The van der Waals surface area contributed by atoms with Gasteiger partial charge in [-0.05, 0) is 55.9 Å². The lowest BCUT2D eigenvalue weighted by Gasteiger charge is -2.19. The van der Waals surface area contributed by atoms with E-state index in [2.05, 4.69) is 37.2 Å². The van der Waals surface area contributed by atoms with Gasteiger partial charge in [0.1, 0.15) is 5.82 Å². The fourth-order valence-corrected chi connectivity index (χ4v) is 3.93. The van der Waals surface area contributed by atoms with Crippen molar-refractivity contribution in [2.24, 2.45) is 0 Å². The van der Waals surface area contributed by atoms with Crippen molar-refractivity contribution in [3.05, 3.63) is 54.8 Å². The van der Waals surface area contributed by atoms with Crippen LogP contribution in [0.2, 0.25) is 0 Å². The fourth-order valence-electron chi connectivity index (χ4n) is 1.98. The number of hydrogen-bond acceptors (Lipinski definition) is 2. The Balaban J connectivity index is 2.29. The minimum atomic E-state index is -0.180. The molecule has 0 saturated heterocycles. The van der Waals surface area contributed by atoms with Gasteiger partial charge < -0.3 is 5.32 Å². The maximum absolute atomic E-state index is 14.2. The lowest BCUT2D eigenvalue weighted by Crippen LogP contribution is -2.23. The number of halogens is 3. The Hall–Kier alpha value is -0.230. The van der Waals surface area contributed by atoms with E-state index >= 15 is 0 Å². The van der Waals surface area contributed by atoms with Crippen molar-refractivity contribution >= 4 is 43.2 Å². The summed E-state index contributed by atoms with van der Waals surface area (Å²) >= 11 is 8.47. The van der Waals surface area contributed by atoms with Crippen molar-refractivity contribution in [1.29, 1.82) is 0 Å². The van der Waals surface area contributed by atoms with Gasteiger partial charge in [0.2, 0.25) is 0 Å². The number of likely N-dealkylation sites (N-methyl/N-ethyl adjacent to an activating group) is 1. The van der Waals surface area contributed by atoms with Crippen LogP contribution in [0.3, 0.4) is 0 Å². The van der Waals surface area contributed by atoms with E-state index in [1.54, 1.807) is 17.4 Å². The zero-order valence-corrected chi connectivity index (χ0v) is 14.4. The van der Waals surface area contributed by atoms with Crippen LogP contribution in [0.1, 0.15) is 23.4 Å². The third kappa shape index (κ3) is 3.66. The van der Waals surface area contributed by atoms with Crippen LogP contribution in [-0.4, -0.2) is 6.54 Å². The first-order valence-corrected chi connectivity index (χ1v) is 8.49. The Morgan fingerprint density at radius 3 is 2.68 bits per heavy atom. The molecule has 2 aromatic rings. The molecule has 1 nitrogen and oxygen atoms in total. The predicted octanol–water partition coefficient (Wildman–Crippen LogP) is 5.31. The molecule has 0 aliphatic rings. The summed E-state index contributed by atoms with van der Waals surface area (Å²) in [5.74, 6) is -0.180. The number of hydrogen-bond donors (Lipinski definition) is 1. The quantitative estimate of drug-likeness (QED) is 0.709. The van der Waals surface area contributed by atoms with E-state index < -0.39 is 0 Å². The second-order valence-electron chi connectivity index (χ2n) is 4.15. The van der Waals surface area contributed by atoms with Gasteiger partial charge in [0.15, 0.2) is 0 Å². The molecular formula is C14H14Br2FNS. The predicted molar refractivity (Wildman–Crippen MR) is 86.2 cm³/mol. The van der Waals surface area contributed by atoms with E-state index in [1.807, 2.05) is 30.5 Å². The molecule has 1 atom stereocenters. The van der Waals surface area contributed by atoms with Crippen LogP contribution in [-0.2, 0) is 6.42 Å². The third-order valence-corrected chi connectivity index (χ3v) is 5.45. The molecule has 1 unspecified atom stereocenters. The number of nitrogens with one attached hydrogen (secondary N) is 1. The molecule has 1 aromatic carbocycles. The zero-order chi connectivity index (χ0) is 13.8. The molecule has 0 fully saturated rings. The SMILES string of the molecule is CCNC(Cc1sccc1Br)c1cccc(Br)c1F. The van der Waals surface area contributed by atoms with Gasteiger partial charge in [0, 0.05) is 27.4 Å². The summed E-state index contributed by atoms with van der Waals surface area (Å²) in [6.07, 6.45) is 0.777. The van der Waals surface area contributed by atoms with E-state index in [4.69, 9.17) is 0 Å². The Morgan fingerprint density at radius 1 is 1.26 bits per heavy atom. The van der Waals surface area contributed by atoms with Gasteiger partial charge in [-0.2, -0.15) is 0 Å². The largest absolute Gasteiger partial charge is 0.310 e. The third-order valence-electron chi connectivity index (χ3n) is 2.89. The molecule has 2 rings (SSSR count). The van der Waals surface area contributed by atoms with Crippen LogP contribution in [0.4, 0.5) is 4.39 Å². The van der Waals surface area contributed by atoms with Crippen molar-refractivity contribution in [2.75, 3.05) is 6.54 Å². The van der Waals surface area contributed by atoms with Gasteiger partial charge in [0.05, 0.1) is 4.47 Å². The lowest BCUT2D eigenvalue weighted by molar-refractivity contribution is 0.509. The van der Waals surface area contributed by atoms with Crippen molar-refractivity contribution < 1.29 is 4.39 Å². The fraction of sp³-hybridized carbons (Fsp3) is 0.286. The van der Waals surface area contributed by atoms with Gasteiger partial charge in [0.25, 0.3) is 0 Å². The Labute approximate surface area is 133 Å². The highest BCUT2D eigenvalue weighted by atomic mass is 79.9. The van der Waals surface area contributed by atoms with E-state index in [0.29, 0.717) is 10.0 Å². The highest BCUT2D eigenvalue weighted by Gasteiger charge is 2.18. The number of benzene rings is 1. The summed E-state index contributed by atoms with van der Waals surface area (Å²) in [7, 11) is 0. The summed E-state index contributed by atoms with van der Waals surface area (Å²) in [6.45, 7) is 2.84. The summed E-state index contributed by atoms with van der Waals surface area (Å²) in [5, 5.41) is 5.40. The molecule has 0 spiro atoms. The van der Waals surface area contributed by atoms with E-state index in [9.17, 15) is 4.39 Å². The molecule has 0 aliphatic heterocycles. The van der Waals surface area contributed by atoms with Gasteiger partial charge >= 0.3 is 0 Å². The summed E-state index contributed by atoms with van der Waals surface area (Å²) in [4.78, 5) is 1.23. The van der Waals surface area contributed by atoms with E-state index in [1.165, 1.54) is 4.88 Å². The molecule has 0 aliphatic carbocycles. The Morgan fingerprint density at radius 2 is 2.05 bits per heavy atom. The van der Waals surface area contributed by atoms with Crippen LogP contribution in [0.15, 0.2) is 38.6 Å². The van der Waals surface area contributed by atoms with Crippen LogP contribution in [0.5, 0.6) is 0 Å². The summed E-state index contributed by atoms with van der Waals surface area (Å²) < 4.78 is 15.8. The Kier molecular flexibility index (Phi) is 5.57. The average molecular weight is 407 g/mol. The van der Waals surface area contributed by atoms with Crippen LogP contribution in [0.25, 0.3) is 0 Å². The topological polar surface area (TPSA) is 12.0 Å². The molecule has 5 heteroatoms. The molecular weight excluding hydrogens is 393 g/mol. The average Bonchev–Trinajstić information content (AvgIpc) is 2.78. The van der Waals surface area contributed by atoms with Gasteiger partial charge in [-0.25, -0.2) is 4.39 Å². The molecule has 1 N–H and O–H groups in total. The molecule has 0 radical (unpaired) electrons. The summed E-state index contributed by atoms with van der Waals surface area (Å²) in [5.41, 5.74) is 0.705. The molecule has 0 saturated carbocycles. The maximum atomic E-state index is 14.2. The van der Waals surface area contributed by atoms with Crippen LogP contribution < -0.4 is 5.32 Å². The Bertz CT molecular complexity index is 556. The molecule has 0 amide bonds. The van der Waals surface area contributed by atoms with E-state index in [-0.39, 0.29) is 11.9 Å². The first-order valence-electron chi connectivity index (χ1n) is 6.02. The highest BCUT2D eigenvalue weighted by molar-refractivity contribution is 9.10. The molecule has 0 bridgehead atoms. The lowest BCUT2D eigenvalue weighted by atomic mass is 10.0. The molecule has 1 heterocycles. The second-order valence-corrected chi connectivity index (χ2v) is 6.86. The monoisotopic (exact) mass is 405 g/mol. The minimum Gasteiger partial charge on any atom is -0.310 e. The second kappa shape index (κ2) is 6.97. The number of rotatable bonds is 5. The van der Waals surface area contributed by atoms with Crippen LogP contribution >= 0.6 is 43.2 Å². The van der Waals surface area contributed by atoms with Crippen molar-refractivity contribution in [1.82, 2.24) is 5.32 Å². The van der Waals surface area contributed by atoms with Gasteiger partial charge in [-0.3, -0.25) is 0 Å². The smallest absolute Gasteiger partial charge is 0.142 e. The minimum absolute atomic E-state index is 0.0163. The normalized spacial score (nSPS) is 12.6. The molecule has 102 valence electrons. The standard InChI is InChI=1S/C14H14Br2FNS/c1-2-18-12(8-13-10(15)6-7-19-13)9-4-3-5-11(16)14(9)17/h3-7,12,18H,2,8H2,1H3. The maximum Gasteiger partial charge on any atom is 0.142 e. The first-order chi connectivity index (χ1) is 9.13. The van der Waals surface area contributed by atoms with Crippen molar-refractivity contribution in [2.45, 2.75) is 19.4 Å². The van der Waals surface area contributed by atoms with Gasteiger partial charge in [-0.1, -0.05) is 19.1 Å². The highest BCUT2D eigenvalue weighted by Crippen LogP contribution is 2.30. The van der Waals surface area contributed by atoms with Gasteiger partial charge in [-0.15, -0.1) is 11.3 Å². The van der Waals surface area contributed by atoms with Crippen molar-refractivity contribution in [3.63, 3.8) is 0 Å². The van der Waals surface area contributed by atoms with Crippen molar-refractivity contribution in [3.8, 4) is 0 Å².